The van der Waals surface area contributed by atoms with Gasteiger partial charge in [0.25, 0.3) is 0 Å². The third kappa shape index (κ3) is 3.42. The first kappa shape index (κ1) is 16.4. The van der Waals surface area contributed by atoms with Crippen LogP contribution >= 0.6 is 0 Å². The van der Waals surface area contributed by atoms with Crippen molar-refractivity contribution >= 4 is 22.9 Å². The van der Waals surface area contributed by atoms with Crippen molar-refractivity contribution in [3.05, 3.63) is 59.9 Å². The van der Waals surface area contributed by atoms with Gasteiger partial charge in [-0.3, -0.25) is 5.41 Å². The zero-order valence-electron chi connectivity index (χ0n) is 14.1. The Morgan fingerprint density at radius 3 is 2.88 bits per heavy atom. The minimum absolute atomic E-state index is 0.208. The van der Waals surface area contributed by atoms with E-state index in [1.807, 2.05) is 36.1 Å². The third-order valence-electron chi connectivity index (χ3n) is 3.78. The van der Waals surface area contributed by atoms with Crippen molar-refractivity contribution in [2.24, 2.45) is 17.8 Å². The predicted octanol–water partition coefficient (Wildman–Crippen LogP) is 0.817. The first-order chi connectivity index (χ1) is 12.0. The monoisotopic (exact) mass is 338 g/mol. The zero-order valence-corrected chi connectivity index (χ0v) is 14.1. The average molecular weight is 338 g/mol. The van der Waals surface area contributed by atoms with Crippen LogP contribution in [-0.4, -0.2) is 28.3 Å². The highest BCUT2D eigenvalue weighted by Gasteiger charge is 2.16. The maximum absolute atomic E-state index is 7.79. The summed E-state index contributed by atoms with van der Waals surface area (Å²) in [5, 5.41) is 12.1. The summed E-state index contributed by atoms with van der Waals surface area (Å²) in [5.41, 5.74) is 14.8. The van der Waals surface area contributed by atoms with Crippen LogP contribution in [0.4, 0.5) is 11.5 Å². The second-order valence-electron chi connectivity index (χ2n) is 5.67. The van der Waals surface area contributed by atoms with E-state index in [-0.39, 0.29) is 5.71 Å². The van der Waals surface area contributed by atoms with E-state index < -0.39 is 0 Å². The number of aryl methyl sites for hydroxylation is 1. The van der Waals surface area contributed by atoms with Crippen molar-refractivity contribution in [2.45, 2.75) is 6.54 Å². The van der Waals surface area contributed by atoms with Crippen LogP contribution in [0.1, 0.15) is 5.56 Å². The Bertz CT molecular complexity index is 921. The molecule has 128 valence electrons. The molecule has 25 heavy (non-hydrogen) atoms. The number of methoxy groups -OCH3 is 1. The SMILES string of the molecule is COC1=C/C(=N\c2cnn(Cc3ccc[n+](C)c3)c2N)C(N)=CC1=N. The lowest BCUT2D eigenvalue weighted by Crippen LogP contribution is -2.27. The summed E-state index contributed by atoms with van der Waals surface area (Å²) < 4.78 is 8.80. The molecule has 8 nitrogen and oxygen atoms in total. The predicted molar refractivity (Wildman–Crippen MR) is 95.5 cm³/mol. The first-order valence-electron chi connectivity index (χ1n) is 7.64. The highest BCUT2D eigenvalue weighted by atomic mass is 16.5. The molecule has 2 aromatic heterocycles. The number of hydrogen-bond donors (Lipinski definition) is 3. The van der Waals surface area contributed by atoms with Crippen LogP contribution in [0.3, 0.4) is 0 Å². The molecule has 8 heteroatoms. The number of aliphatic imine (C=N–C) groups is 1. The van der Waals surface area contributed by atoms with Gasteiger partial charge in [0.1, 0.15) is 24.3 Å². The number of pyridine rings is 1. The molecule has 1 aliphatic rings. The van der Waals surface area contributed by atoms with Crippen molar-refractivity contribution in [2.75, 3.05) is 12.8 Å². The number of anilines is 1. The molecule has 5 N–H and O–H groups in total. The molecule has 3 rings (SSSR count). The van der Waals surface area contributed by atoms with Gasteiger partial charge >= 0.3 is 0 Å². The summed E-state index contributed by atoms with van der Waals surface area (Å²) in [6, 6.07) is 3.98. The van der Waals surface area contributed by atoms with Crippen LogP contribution in [0.25, 0.3) is 0 Å². The second-order valence-corrected chi connectivity index (χ2v) is 5.67. The molecule has 2 aromatic rings. The quantitative estimate of drug-likeness (QED) is 0.564. The number of rotatable bonds is 4. The van der Waals surface area contributed by atoms with Crippen LogP contribution in [0, 0.1) is 5.41 Å². The fourth-order valence-electron chi connectivity index (χ4n) is 2.49. The number of hydrogen-bond acceptors (Lipinski definition) is 6. The van der Waals surface area contributed by atoms with E-state index in [0.717, 1.165) is 5.56 Å². The molecule has 1 aliphatic carbocycles. The summed E-state index contributed by atoms with van der Waals surface area (Å²) in [6.45, 7) is 0.542. The van der Waals surface area contributed by atoms with Crippen LogP contribution < -0.4 is 16.0 Å². The van der Waals surface area contributed by atoms with Crippen LogP contribution in [0.15, 0.2) is 59.3 Å². The summed E-state index contributed by atoms with van der Waals surface area (Å²) in [7, 11) is 3.46. The summed E-state index contributed by atoms with van der Waals surface area (Å²) in [5.74, 6) is 0.843. The van der Waals surface area contributed by atoms with Gasteiger partial charge in [-0.25, -0.2) is 14.2 Å². The Morgan fingerprint density at radius 2 is 2.16 bits per heavy atom. The number of nitrogens with zero attached hydrogens (tertiary/aromatic N) is 4. The molecule has 0 fully saturated rings. The molecule has 0 saturated heterocycles. The topological polar surface area (TPSA) is 119 Å². The van der Waals surface area contributed by atoms with Crippen molar-refractivity contribution in [3.8, 4) is 0 Å². The van der Waals surface area contributed by atoms with E-state index in [4.69, 9.17) is 21.6 Å². The second kappa shape index (κ2) is 6.60. The fourth-order valence-corrected chi connectivity index (χ4v) is 2.49. The van der Waals surface area contributed by atoms with Gasteiger partial charge in [-0.15, -0.1) is 0 Å². The normalized spacial score (nSPS) is 15.9. The minimum Gasteiger partial charge on any atom is -0.494 e. The van der Waals surface area contributed by atoms with Crippen molar-refractivity contribution in [1.82, 2.24) is 9.78 Å². The Balaban J connectivity index is 1.90. The van der Waals surface area contributed by atoms with Crippen molar-refractivity contribution in [1.29, 1.82) is 5.41 Å². The maximum Gasteiger partial charge on any atom is 0.173 e. The highest BCUT2D eigenvalue weighted by molar-refractivity contribution is 6.22. The van der Waals surface area contributed by atoms with E-state index in [1.54, 1.807) is 17.0 Å². The summed E-state index contributed by atoms with van der Waals surface area (Å²) in [4.78, 5) is 4.47. The molecule has 0 atom stereocenters. The van der Waals surface area contributed by atoms with E-state index in [1.165, 1.54) is 13.2 Å². The number of aromatic nitrogens is 3. The summed E-state index contributed by atoms with van der Waals surface area (Å²) in [6.07, 6.45) is 8.68. The molecular weight excluding hydrogens is 318 g/mol. The zero-order chi connectivity index (χ0) is 18.0. The summed E-state index contributed by atoms with van der Waals surface area (Å²) >= 11 is 0. The van der Waals surface area contributed by atoms with Gasteiger partial charge in [0.15, 0.2) is 12.4 Å². The highest BCUT2D eigenvalue weighted by Crippen LogP contribution is 2.24. The standard InChI is InChI=1S/C17H20N7O/c1-23-5-3-4-11(9-23)10-24-17(20)15(8-21-24)22-14-7-16(25-2)13(19)6-12(14)18/h3-9,19H,10,18,20H2,1-2H3/q+1/b19-13?,22-14+. The number of allylic oxidation sites excluding steroid dienone is 2. The lowest BCUT2D eigenvalue weighted by molar-refractivity contribution is -0.671. The lowest BCUT2D eigenvalue weighted by atomic mass is 10.1. The largest absolute Gasteiger partial charge is 0.494 e. The first-order valence-corrected chi connectivity index (χ1v) is 7.64. The van der Waals surface area contributed by atoms with Crippen molar-refractivity contribution < 1.29 is 9.30 Å². The van der Waals surface area contributed by atoms with Crippen molar-refractivity contribution in [3.63, 3.8) is 0 Å². The van der Waals surface area contributed by atoms with Gasteiger partial charge < -0.3 is 16.2 Å². The maximum atomic E-state index is 7.79. The minimum atomic E-state index is 0.208. The fraction of sp³-hybridized carbons (Fsp3) is 0.176. The van der Waals surface area contributed by atoms with Crippen LogP contribution in [-0.2, 0) is 18.3 Å². The van der Waals surface area contributed by atoms with E-state index in [9.17, 15) is 0 Å². The number of ether oxygens (including phenoxy) is 1. The molecule has 0 unspecified atom stereocenters. The molecular formula is C17H20N7O+. The van der Waals surface area contributed by atoms with Gasteiger partial charge in [0.2, 0.25) is 0 Å². The lowest BCUT2D eigenvalue weighted by Gasteiger charge is -2.12. The molecule has 0 aliphatic heterocycles. The molecule has 0 saturated carbocycles. The molecule has 0 bridgehead atoms. The van der Waals surface area contributed by atoms with Gasteiger partial charge in [-0.2, -0.15) is 5.10 Å². The average Bonchev–Trinajstić information content (AvgIpc) is 2.90. The van der Waals surface area contributed by atoms with E-state index in [2.05, 4.69) is 10.1 Å². The molecule has 0 aromatic carbocycles. The van der Waals surface area contributed by atoms with Gasteiger partial charge in [-0.05, 0) is 12.1 Å². The number of nitrogens with two attached hydrogens (primary N) is 2. The molecule has 2 heterocycles. The van der Waals surface area contributed by atoms with E-state index >= 15 is 0 Å². The molecule has 0 amide bonds. The Hall–Kier alpha value is -3.42. The smallest absolute Gasteiger partial charge is 0.173 e. The van der Waals surface area contributed by atoms with E-state index in [0.29, 0.717) is 35.2 Å². The Morgan fingerprint density at radius 1 is 1.36 bits per heavy atom. The Labute approximate surface area is 145 Å². The molecule has 0 radical (unpaired) electrons. The van der Waals surface area contributed by atoms with Crippen LogP contribution in [0.5, 0.6) is 0 Å². The van der Waals surface area contributed by atoms with Gasteiger partial charge in [0.05, 0.1) is 37.0 Å². The van der Waals surface area contributed by atoms with Gasteiger partial charge in [-0.1, -0.05) is 0 Å². The Kier molecular flexibility index (Phi) is 4.34. The number of nitrogen functional groups attached to an aromatic ring is 1. The third-order valence-corrected chi connectivity index (χ3v) is 3.78. The van der Waals surface area contributed by atoms with Gasteiger partial charge in [0, 0.05) is 17.7 Å². The molecule has 0 spiro atoms. The van der Waals surface area contributed by atoms with Crippen LogP contribution in [0.2, 0.25) is 0 Å². The number of nitrogens with one attached hydrogen (secondary N) is 1.